The maximum atomic E-state index is 12.8. The van der Waals surface area contributed by atoms with Crippen molar-refractivity contribution < 1.29 is 14.0 Å². The molecule has 0 aliphatic heterocycles. The van der Waals surface area contributed by atoms with Crippen LogP contribution < -0.4 is 5.32 Å². The molecule has 0 saturated carbocycles. The van der Waals surface area contributed by atoms with E-state index in [0.29, 0.717) is 22.4 Å². The molecule has 156 valence electrons. The van der Waals surface area contributed by atoms with E-state index in [1.807, 2.05) is 46.8 Å². The van der Waals surface area contributed by atoms with Crippen LogP contribution in [0.4, 0.5) is 5.69 Å². The van der Waals surface area contributed by atoms with Crippen molar-refractivity contribution >= 4 is 29.1 Å². The molecule has 3 rings (SSSR count). The number of hydrogen-bond acceptors (Lipinski definition) is 6. The van der Waals surface area contributed by atoms with Crippen LogP contribution >= 0.6 is 11.8 Å². The minimum absolute atomic E-state index is 0.0483. The second kappa shape index (κ2) is 9.26. The second-order valence-electron chi connectivity index (χ2n) is 7.60. The average molecular weight is 424 g/mol. The van der Waals surface area contributed by atoms with Crippen molar-refractivity contribution in [1.82, 2.24) is 10.2 Å². The van der Waals surface area contributed by atoms with Crippen molar-refractivity contribution in [2.45, 2.75) is 45.1 Å². The lowest BCUT2D eigenvalue weighted by Gasteiger charge is -2.10. The molecule has 1 atom stereocenters. The van der Waals surface area contributed by atoms with E-state index >= 15 is 0 Å². The van der Waals surface area contributed by atoms with E-state index < -0.39 is 5.25 Å². The number of thioether (sulfide) groups is 1. The molecule has 1 amide bonds. The number of benzene rings is 2. The van der Waals surface area contributed by atoms with Gasteiger partial charge >= 0.3 is 0 Å². The maximum Gasteiger partial charge on any atom is 0.277 e. The van der Waals surface area contributed by atoms with Crippen molar-refractivity contribution in [1.29, 1.82) is 0 Å². The molecular formula is C23H25N3O3S. The van der Waals surface area contributed by atoms with Crippen LogP contribution in [0.5, 0.6) is 0 Å². The van der Waals surface area contributed by atoms with Gasteiger partial charge < -0.3 is 9.73 Å². The Bertz CT molecular complexity index is 1040. The molecule has 0 fully saturated rings. The fourth-order valence-electron chi connectivity index (χ4n) is 2.92. The molecule has 0 saturated heterocycles. The highest BCUT2D eigenvalue weighted by Gasteiger charge is 2.20. The SMILES string of the molecule is Cc1cc(C)cc(-c2nnc(S[C@@H](C)C(=O)c3ccc(NC(=O)C(C)C)cc3)o2)c1. The van der Waals surface area contributed by atoms with Crippen LogP contribution in [0.1, 0.15) is 42.3 Å². The summed E-state index contributed by atoms with van der Waals surface area (Å²) in [6.45, 7) is 9.50. The molecule has 3 aromatic rings. The third-order valence-corrected chi connectivity index (χ3v) is 5.42. The lowest BCUT2D eigenvalue weighted by molar-refractivity contribution is -0.118. The topological polar surface area (TPSA) is 85.1 Å². The van der Waals surface area contributed by atoms with Crippen molar-refractivity contribution in [3.05, 3.63) is 59.2 Å². The summed E-state index contributed by atoms with van der Waals surface area (Å²) in [6.07, 6.45) is 0. The van der Waals surface area contributed by atoms with Gasteiger partial charge in [0.1, 0.15) is 0 Å². The molecule has 0 unspecified atom stereocenters. The number of amides is 1. The minimum atomic E-state index is -0.395. The Hall–Kier alpha value is -2.93. The van der Waals surface area contributed by atoms with Gasteiger partial charge in [0.05, 0.1) is 5.25 Å². The number of carbonyl (C=O) groups excluding carboxylic acids is 2. The summed E-state index contributed by atoms with van der Waals surface area (Å²) in [4.78, 5) is 24.5. The van der Waals surface area contributed by atoms with Gasteiger partial charge in [-0.05, 0) is 57.2 Å². The van der Waals surface area contributed by atoms with Crippen molar-refractivity contribution in [3.8, 4) is 11.5 Å². The molecule has 7 heteroatoms. The number of nitrogens with one attached hydrogen (secondary N) is 1. The lowest BCUT2D eigenvalue weighted by atomic mass is 10.1. The van der Waals surface area contributed by atoms with E-state index in [2.05, 4.69) is 21.6 Å². The number of Topliss-reactive ketones (excluding diaryl/α,β-unsaturated/α-hetero) is 1. The quantitative estimate of drug-likeness (QED) is 0.409. The summed E-state index contributed by atoms with van der Waals surface area (Å²) in [6, 6.07) is 12.9. The third-order valence-electron chi connectivity index (χ3n) is 4.48. The van der Waals surface area contributed by atoms with Crippen molar-refractivity contribution in [2.75, 3.05) is 5.32 Å². The Labute approximate surface area is 180 Å². The van der Waals surface area contributed by atoms with Gasteiger partial charge in [0.2, 0.25) is 11.8 Å². The summed E-state index contributed by atoms with van der Waals surface area (Å²) >= 11 is 1.23. The van der Waals surface area contributed by atoms with Gasteiger partial charge in [0, 0.05) is 22.7 Å². The Morgan fingerprint density at radius 1 is 0.967 bits per heavy atom. The number of aromatic nitrogens is 2. The van der Waals surface area contributed by atoms with Gasteiger partial charge in [0.25, 0.3) is 5.22 Å². The monoisotopic (exact) mass is 423 g/mol. The lowest BCUT2D eigenvalue weighted by Crippen LogP contribution is -2.18. The summed E-state index contributed by atoms with van der Waals surface area (Å²) in [5, 5.41) is 11.0. The first-order valence-corrected chi connectivity index (χ1v) is 10.6. The van der Waals surface area contributed by atoms with E-state index in [1.165, 1.54) is 11.8 Å². The highest BCUT2D eigenvalue weighted by atomic mass is 32.2. The van der Waals surface area contributed by atoms with Crippen LogP contribution in [-0.2, 0) is 4.79 Å². The smallest absolute Gasteiger partial charge is 0.277 e. The molecule has 6 nitrogen and oxygen atoms in total. The summed E-state index contributed by atoms with van der Waals surface area (Å²) in [5.41, 5.74) is 4.33. The highest BCUT2D eigenvalue weighted by molar-refractivity contribution is 8.00. The van der Waals surface area contributed by atoms with Crippen molar-refractivity contribution in [3.63, 3.8) is 0 Å². The van der Waals surface area contributed by atoms with Crippen molar-refractivity contribution in [2.24, 2.45) is 5.92 Å². The van der Waals surface area contributed by atoms with Crippen LogP contribution in [0.15, 0.2) is 52.1 Å². The number of nitrogens with zero attached hydrogens (tertiary/aromatic N) is 2. The predicted molar refractivity (Wildman–Crippen MR) is 119 cm³/mol. The van der Waals surface area contributed by atoms with E-state index in [1.54, 1.807) is 24.3 Å². The highest BCUT2D eigenvalue weighted by Crippen LogP contribution is 2.28. The molecule has 0 radical (unpaired) electrons. The average Bonchev–Trinajstić information content (AvgIpc) is 3.15. The molecule has 1 heterocycles. The van der Waals surface area contributed by atoms with Gasteiger partial charge in [-0.25, -0.2) is 0 Å². The standard InChI is InChI=1S/C23H25N3O3S/c1-13(2)21(28)24-19-8-6-17(7-9-19)20(27)16(5)30-23-26-25-22(29-23)18-11-14(3)10-15(4)12-18/h6-13,16H,1-5H3,(H,24,28)/t16-/m0/s1. The van der Waals surface area contributed by atoms with Gasteiger partial charge in [0.15, 0.2) is 5.78 Å². The third kappa shape index (κ3) is 5.36. The second-order valence-corrected chi connectivity index (χ2v) is 8.89. The fourth-order valence-corrected chi connectivity index (χ4v) is 3.68. The van der Waals surface area contributed by atoms with E-state index in [0.717, 1.165) is 16.7 Å². The summed E-state index contributed by atoms with van der Waals surface area (Å²) in [7, 11) is 0. The van der Waals surface area contributed by atoms with Crippen LogP contribution in [0, 0.1) is 19.8 Å². The number of ketones is 1. The van der Waals surface area contributed by atoms with Gasteiger partial charge in [-0.15, -0.1) is 10.2 Å². The first-order chi connectivity index (χ1) is 14.2. The number of hydrogen-bond donors (Lipinski definition) is 1. The van der Waals surface area contributed by atoms with Crippen LogP contribution in [0.25, 0.3) is 11.5 Å². The summed E-state index contributed by atoms with van der Waals surface area (Å²) < 4.78 is 5.76. The molecular weight excluding hydrogens is 398 g/mol. The van der Waals surface area contributed by atoms with Crippen LogP contribution in [-0.4, -0.2) is 27.1 Å². The minimum Gasteiger partial charge on any atom is -0.411 e. The Balaban J connectivity index is 1.66. The number of rotatable bonds is 7. The Morgan fingerprint density at radius 3 is 2.20 bits per heavy atom. The fraction of sp³-hybridized carbons (Fsp3) is 0.304. The molecule has 0 aliphatic rings. The van der Waals surface area contributed by atoms with Gasteiger partial charge in [-0.2, -0.15) is 0 Å². The van der Waals surface area contributed by atoms with E-state index in [9.17, 15) is 9.59 Å². The normalized spacial score (nSPS) is 12.1. The molecule has 1 N–H and O–H groups in total. The molecule has 1 aromatic heterocycles. The zero-order chi connectivity index (χ0) is 21.8. The number of anilines is 1. The summed E-state index contributed by atoms with van der Waals surface area (Å²) in [5.74, 6) is 0.224. The van der Waals surface area contributed by atoms with Gasteiger partial charge in [-0.3, -0.25) is 9.59 Å². The first-order valence-electron chi connectivity index (χ1n) is 9.77. The largest absolute Gasteiger partial charge is 0.411 e. The van der Waals surface area contributed by atoms with Crippen LogP contribution in [0.2, 0.25) is 0 Å². The zero-order valence-corrected chi connectivity index (χ0v) is 18.5. The number of carbonyl (C=O) groups is 2. The van der Waals surface area contributed by atoms with Crippen LogP contribution in [0.3, 0.4) is 0 Å². The molecule has 30 heavy (non-hydrogen) atoms. The first kappa shape index (κ1) is 21.8. The van der Waals surface area contributed by atoms with E-state index in [4.69, 9.17) is 4.42 Å². The van der Waals surface area contributed by atoms with Gasteiger partial charge in [-0.1, -0.05) is 42.8 Å². The molecule has 0 aliphatic carbocycles. The number of aryl methyl sites for hydroxylation is 2. The molecule has 0 bridgehead atoms. The Kier molecular flexibility index (Phi) is 6.72. The molecule has 2 aromatic carbocycles. The van der Waals surface area contributed by atoms with E-state index in [-0.39, 0.29) is 17.6 Å². The predicted octanol–water partition coefficient (Wildman–Crippen LogP) is 5.31. The maximum absolute atomic E-state index is 12.8. The Morgan fingerprint density at radius 2 is 1.60 bits per heavy atom. The zero-order valence-electron chi connectivity index (χ0n) is 17.7. The molecule has 0 spiro atoms.